The number of rotatable bonds is 5. The van der Waals surface area contributed by atoms with E-state index in [0.29, 0.717) is 6.04 Å². The van der Waals surface area contributed by atoms with Gasteiger partial charge < -0.3 is 16.0 Å². The third kappa shape index (κ3) is 3.69. The molecule has 0 aromatic carbocycles. The number of nitrogens with two attached hydrogens (primary N) is 1. The van der Waals surface area contributed by atoms with Crippen LogP contribution in [0.25, 0.3) is 0 Å². The summed E-state index contributed by atoms with van der Waals surface area (Å²) in [5, 5.41) is 3.14. The normalized spacial score (nSPS) is 30.2. The molecule has 4 heteroatoms. The number of hydrogen-bond acceptors (Lipinski definition) is 3. The number of likely N-dealkylation sites (N-methyl/N-ethyl adjacent to an activating group) is 1. The predicted octanol–water partition coefficient (Wildman–Crippen LogP) is 0.960. The third-order valence-electron chi connectivity index (χ3n) is 4.40. The van der Waals surface area contributed by atoms with E-state index >= 15 is 0 Å². The third-order valence-corrected chi connectivity index (χ3v) is 4.40. The zero-order chi connectivity index (χ0) is 13.1. The number of carbonyl (C=O) groups is 1. The fourth-order valence-corrected chi connectivity index (χ4v) is 3.07. The van der Waals surface area contributed by atoms with Gasteiger partial charge in [-0.2, -0.15) is 0 Å². The molecule has 1 amide bonds. The van der Waals surface area contributed by atoms with Crippen LogP contribution in [0, 0.1) is 11.8 Å². The summed E-state index contributed by atoms with van der Waals surface area (Å²) >= 11 is 0. The summed E-state index contributed by atoms with van der Waals surface area (Å²) in [6, 6.07) is 0.730. The number of carbonyl (C=O) groups excluding carboxylic acids is 1. The molecule has 2 aliphatic carbocycles. The van der Waals surface area contributed by atoms with Gasteiger partial charge in [0.05, 0.1) is 0 Å². The molecule has 0 aromatic heterocycles. The second-order valence-corrected chi connectivity index (χ2v) is 6.24. The first-order valence-corrected chi connectivity index (χ1v) is 7.27. The van der Waals surface area contributed by atoms with Crippen molar-refractivity contribution in [2.75, 3.05) is 20.6 Å². The van der Waals surface area contributed by atoms with Crippen LogP contribution in [0.4, 0.5) is 0 Å². The molecule has 18 heavy (non-hydrogen) atoms. The van der Waals surface area contributed by atoms with Crippen LogP contribution in [0.2, 0.25) is 0 Å². The SMILES string of the molecule is CN(C)C(CNC(=O)C1CCCC(N)C1)C1CC1. The maximum atomic E-state index is 12.1. The summed E-state index contributed by atoms with van der Waals surface area (Å²) in [6.45, 7) is 0.794. The van der Waals surface area contributed by atoms with E-state index < -0.39 is 0 Å². The molecule has 0 saturated heterocycles. The standard InChI is InChI=1S/C14H27N3O/c1-17(2)13(10-6-7-10)9-16-14(18)11-4-3-5-12(15)8-11/h10-13H,3-9,15H2,1-2H3,(H,16,18). The van der Waals surface area contributed by atoms with Crippen LogP contribution in [0.1, 0.15) is 38.5 Å². The second kappa shape index (κ2) is 6.02. The van der Waals surface area contributed by atoms with Crippen LogP contribution in [0.3, 0.4) is 0 Å². The largest absolute Gasteiger partial charge is 0.354 e. The highest BCUT2D eigenvalue weighted by Crippen LogP contribution is 2.34. The van der Waals surface area contributed by atoms with E-state index in [2.05, 4.69) is 24.3 Å². The molecular formula is C14H27N3O. The smallest absolute Gasteiger partial charge is 0.223 e. The lowest BCUT2D eigenvalue weighted by atomic mass is 9.85. The van der Waals surface area contributed by atoms with Crippen LogP contribution in [-0.2, 0) is 4.79 Å². The fraction of sp³-hybridized carbons (Fsp3) is 0.929. The average Bonchev–Trinajstić information content (AvgIpc) is 3.13. The van der Waals surface area contributed by atoms with Crippen LogP contribution < -0.4 is 11.1 Å². The van der Waals surface area contributed by atoms with Crippen LogP contribution in [0.5, 0.6) is 0 Å². The topological polar surface area (TPSA) is 58.4 Å². The first-order chi connectivity index (χ1) is 8.58. The van der Waals surface area contributed by atoms with Crippen LogP contribution >= 0.6 is 0 Å². The fourth-order valence-electron chi connectivity index (χ4n) is 3.07. The Morgan fingerprint density at radius 1 is 1.33 bits per heavy atom. The van der Waals surface area contributed by atoms with Gasteiger partial charge in [0, 0.05) is 24.5 Å². The Balaban J connectivity index is 1.76. The minimum atomic E-state index is 0.149. The van der Waals surface area contributed by atoms with Gasteiger partial charge in [-0.3, -0.25) is 4.79 Å². The van der Waals surface area contributed by atoms with Crippen LogP contribution in [0.15, 0.2) is 0 Å². The Morgan fingerprint density at radius 2 is 2.06 bits per heavy atom. The number of hydrogen-bond donors (Lipinski definition) is 2. The molecule has 0 bridgehead atoms. The molecule has 2 saturated carbocycles. The molecule has 0 spiro atoms. The van der Waals surface area contributed by atoms with Gasteiger partial charge in [0.1, 0.15) is 0 Å². The molecule has 2 fully saturated rings. The Labute approximate surface area is 110 Å². The summed E-state index contributed by atoms with van der Waals surface area (Å²) in [7, 11) is 4.21. The van der Waals surface area contributed by atoms with Crippen molar-refractivity contribution in [3.63, 3.8) is 0 Å². The van der Waals surface area contributed by atoms with Gasteiger partial charge in [0.15, 0.2) is 0 Å². The van der Waals surface area contributed by atoms with E-state index in [-0.39, 0.29) is 17.9 Å². The van der Waals surface area contributed by atoms with Gasteiger partial charge in [-0.25, -0.2) is 0 Å². The van der Waals surface area contributed by atoms with E-state index in [1.807, 2.05) is 0 Å². The lowest BCUT2D eigenvalue weighted by Crippen LogP contribution is -2.45. The van der Waals surface area contributed by atoms with Crippen LogP contribution in [-0.4, -0.2) is 43.5 Å². The molecule has 0 radical (unpaired) electrons. The minimum Gasteiger partial charge on any atom is -0.354 e. The van der Waals surface area contributed by atoms with Crippen molar-refractivity contribution in [2.24, 2.45) is 17.6 Å². The molecule has 3 unspecified atom stereocenters. The van der Waals surface area contributed by atoms with E-state index in [1.54, 1.807) is 0 Å². The van der Waals surface area contributed by atoms with Gasteiger partial charge in [-0.15, -0.1) is 0 Å². The first kappa shape index (κ1) is 13.8. The van der Waals surface area contributed by atoms with E-state index in [9.17, 15) is 4.79 Å². The van der Waals surface area contributed by atoms with Crippen molar-refractivity contribution >= 4 is 5.91 Å². The molecular weight excluding hydrogens is 226 g/mol. The van der Waals surface area contributed by atoms with Crippen molar-refractivity contribution < 1.29 is 4.79 Å². The van der Waals surface area contributed by atoms with E-state index in [4.69, 9.17) is 5.73 Å². The van der Waals surface area contributed by atoms with Gasteiger partial charge in [-0.1, -0.05) is 6.42 Å². The lowest BCUT2D eigenvalue weighted by Gasteiger charge is -2.28. The molecule has 0 heterocycles. The molecule has 4 nitrogen and oxygen atoms in total. The molecule has 3 atom stereocenters. The number of nitrogens with one attached hydrogen (secondary N) is 1. The molecule has 3 N–H and O–H groups in total. The zero-order valence-corrected chi connectivity index (χ0v) is 11.7. The Bertz CT molecular complexity index is 287. The lowest BCUT2D eigenvalue weighted by molar-refractivity contribution is -0.126. The van der Waals surface area contributed by atoms with Gasteiger partial charge in [-0.05, 0) is 52.1 Å². The van der Waals surface area contributed by atoms with Gasteiger partial charge in [0.25, 0.3) is 0 Å². The highest BCUT2D eigenvalue weighted by molar-refractivity contribution is 5.78. The Morgan fingerprint density at radius 3 is 2.61 bits per heavy atom. The van der Waals surface area contributed by atoms with Crippen molar-refractivity contribution in [1.82, 2.24) is 10.2 Å². The minimum absolute atomic E-state index is 0.149. The highest BCUT2D eigenvalue weighted by Gasteiger charge is 2.33. The average molecular weight is 253 g/mol. The Hall–Kier alpha value is -0.610. The van der Waals surface area contributed by atoms with Crippen molar-refractivity contribution in [2.45, 2.75) is 50.6 Å². The van der Waals surface area contributed by atoms with Crippen molar-refractivity contribution in [1.29, 1.82) is 0 Å². The number of nitrogens with zero attached hydrogens (tertiary/aromatic N) is 1. The van der Waals surface area contributed by atoms with E-state index in [0.717, 1.165) is 38.1 Å². The van der Waals surface area contributed by atoms with Gasteiger partial charge >= 0.3 is 0 Å². The summed E-state index contributed by atoms with van der Waals surface area (Å²) in [5.41, 5.74) is 5.94. The predicted molar refractivity (Wildman–Crippen MR) is 73.1 cm³/mol. The molecule has 2 rings (SSSR count). The summed E-state index contributed by atoms with van der Waals surface area (Å²) in [6.07, 6.45) is 6.67. The summed E-state index contributed by atoms with van der Waals surface area (Å²) < 4.78 is 0. The number of amides is 1. The molecule has 0 aliphatic heterocycles. The summed E-state index contributed by atoms with van der Waals surface area (Å²) in [5.74, 6) is 1.15. The highest BCUT2D eigenvalue weighted by atomic mass is 16.1. The molecule has 2 aliphatic rings. The van der Waals surface area contributed by atoms with Gasteiger partial charge in [0.2, 0.25) is 5.91 Å². The monoisotopic (exact) mass is 253 g/mol. The van der Waals surface area contributed by atoms with Crippen molar-refractivity contribution in [3.05, 3.63) is 0 Å². The Kier molecular flexibility index (Phi) is 4.62. The van der Waals surface area contributed by atoms with Crippen molar-refractivity contribution in [3.8, 4) is 0 Å². The first-order valence-electron chi connectivity index (χ1n) is 7.27. The molecule has 0 aromatic rings. The maximum absolute atomic E-state index is 12.1. The second-order valence-electron chi connectivity index (χ2n) is 6.24. The quantitative estimate of drug-likeness (QED) is 0.767. The van der Waals surface area contributed by atoms with E-state index in [1.165, 1.54) is 12.8 Å². The summed E-state index contributed by atoms with van der Waals surface area (Å²) in [4.78, 5) is 14.4. The zero-order valence-electron chi connectivity index (χ0n) is 11.7. The molecule has 104 valence electrons. The maximum Gasteiger partial charge on any atom is 0.223 e.